The van der Waals surface area contributed by atoms with Crippen molar-refractivity contribution in [2.45, 2.75) is 52.1 Å². The predicted molar refractivity (Wildman–Crippen MR) is 96.0 cm³/mol. The molecule has 4 nitrogen and oxygen atoms in total. The highest BCUT2D eigenvalue weighted by atomic mass is 16.6. The van der Waals surface area contributed by atoms with Crippen molar-refractivity contribution in [3.63, 3.8) is 0 Å². The molecule has 0 aliphatic rings. The summed E-state index contributed by atoms with van der Waals surface area (Å²) in [5.74, 6) is 0.867. The molecule has 1 N–H and O–H groups in total. The number of hydrogen-bond acceptors (Lipinski definition) is 3. The highest BCUT2D eigenvalue weighted by Gasteiger charge is 2.22. The van der Waals surface area contributed by atoms with Crippen LogP contribution in [0.25, 0.3) is 11.3 Å². The minimum absolute atomic E-state index is 0.0449. The van der Waals surface area contributed by atoms with Crippen LogP contribution in [0.3, 0.4) is 0 Å². The largest absolute Gasteiger partial charge is 0.464 e. The molecule has 0 saturated heterocycles. The van der Waals surface area contributed by atoms with E-state index in [0.29, 0.717) is 6.54 Å². The molecule has 0 radical (unpaired) electrons. The molecule has 24 heavy (non-hydrogen) atoms. The molecular weight excluding hydrogens is 302 g/mol. The van der Waals surface area contributed by atoms with E-state index in [0.717, 1.165) is 17.7 Å². The van der Waals surface area contributed by atoms with E-state index in [-0.39, 0.29) is 11.5 Å². The van der Waals surface area contributed by atoms with Crippen LogP contribution in [0.15, 0.2) is 47.1 Å². The van der Waals surface area contributed by atoms with E-state index in [2.05, 4.69) is 43.4 Å². The highest BCUT2D eigenvalue weighted by molar-refractivity contribution is 5.67. The molecule has 0 aliphatic carbocycles. The van der Waals surface area contributed by atoms with Gasteiger partial charge in [0.15, 0.2) is 0 Å². The van der Waals surface area contributed by atoms with Crippen LogP contribution in [0.1, 0.15) is 46.6 Å². The molecule has 1 aromatic heterocycles. The van der Waals surface area contributed by atoms with Gasteiger partial charge in [0, 0.05) is 12.1 Å². The fourth-order valence-electron chi connectivity index (χ4n) is 2.46. The van der Waals surface area contributed by atoms with Crippen molar-refractivity contribution in [2.75, 3.05) is 6.54 Å². The number of furan rings is 1. The van der Waals surface area contributed by atoms with Crippen LogP contribution in [-0.2, 0) is 10.2 Å². The lowest BCUT2D eigenvalue weighted by molar-refractivity contribution is 0.0525. The average molecular weight is 329 g/mol. The quantitative estimate of drug-likeness (QED) is 0.826. The van der Waals surface area contributed by atoms with Gasteiger partial charge in [0.05, 0.1) is 6.26 Å². The summed E-state index contributed by atoms with van der Waals surface area (Å²) in [5.41, 5.74) is 1.77. The standard InChI is InChI=1S/C20H27NO3/c1-19(2,3)24-18(22)21-13-12-20(4,5)16-10-8-15(9-11-16)17-7-6-14-23-17/h6-11,14H,12-13H2,1-5H3,(H,21,22). The predicted octanol–water partition coefficient (Wildman–Crippen LogP) is 5.14. The second-order valence-electron chi connectivity index (χ2n) is 7.62. The molecule has 0 fully saturated rings. The normalized spacial score (nSPS) is 12.0. The first-order chi connectivity index (χ1) is 11.2. The van der Waals surface area contributed by atoms with E-state index in [1.165, 1.54) is 5.56 Å². The summed E-state index contributed by atoms with van der Waals surface area (Å²) in [6, 6.07) is 12.2. The van der Waals surface area contributed by atoms with Gasteiger partial charge in [-0.3, -0.25) is 0 Å². The highest BCUT2D eigenvalue weighted by Crippen LogP contribution is 2.29. The Bertz CT molecular complexity index is 649. The molecule has 0 bridgehead atoms. The second-order valence-corrected chi connectivity index (χ2v) is 7.62. The number of ether oxygens (including phenoxy) is 1. The molecule has 130 valence electrons. The van der Waals surface area contributed by atoms with Crippen molar-refractivity contribution in [2.24, 2.45) is 0 Å². The van der Waals surface area contributed by atoms with Crippen LogP contribution in [0, 0.1) is 0 Å². The van der Waals surface area contributed by atoms with Crippen LogP contribution < -0.4 is 5.32 Å². The average Bonchev–Trinajstić information content (AvgIpc) is 2.99. The zero-order valence-corrected chi connectivity index (χ0v) is 15.2. The van der Waals surface area contributed by atoms with Gasteiger partial charge in [-0.1, -0.05) is 38.1 Å². The van der Waals surface area contributed by atoms with Crippen LogP contribution >= 0.6 is 0 Å². The maximum Gasteiger partial charge on any atom is 0.407 e. The zero-order valence-electron chi connectivity index (χ0n) is 15.2. The minimum atomic E-state index is -0.471. The number of rotatable bonds is 5. The lowest BCUT2D eigenvalue weighted by atomic mass is 9.81. The van der Waals surface area contributed by atoms with Gasteiger partial charge in [-0.15, -0.1) is 0 Å². The summed E-state index contributed by atoms with van der Waals surface area (Å²) >= 11 is 0. The molecule has 1 aromatic carbocycles. The number of amides is 1. The Labute approximate surface area is 144 Å². The Morgan fingerprint density at radius 2 is 1.75 bits per heavy atom. The molecule has 0 saturated carbocycles. The Balaban J connectivity index is 1.91. The van der Waals surface area contributed by atoms with Crippen molar-refractivity contribution < 1.29 is 13.9 Å². The molecule has 0 unspecified atom stereocenters. The molecule has 2 aromatic rings. The first-order valence-electron chi connectivity index (χ1n) is 8.29. The van der Waals surface area contributed by atoms with Gasteiger partial charge in [0.1, 0.15) is 11.4 Å². The Kier molecular flexibility index (Phi) is 5.37. The third kappa shape index (κ3) is 5.15. The summed E-state index contributed by atoms with van der Waals surface area (Å²) < 4.78 is 10.7. The topological polar surface area (TPSA) is 51.5 Å². The van der Waals surface area contributed by atoms with Crippen molar-refractivity contribution in [1.29, 1.82) is 0 Å². The van der Waals surface area contributed by atoms with Gasteiger partial charge < -0.3 is 14.5 Å². The van der Waals surface area contributed by atoms with Crippen LogP contribution in [-0.4, -0.2) is 18.2 Å². The lowest BCUT2D eigenvalue weighted by Crippen LogP contribution is -2.35. The van der Waals surface area contributed by atoms with Crippen LogP contribution in [0.2, 0.25) is 0 Å². The number of benzene rings is 1. The fraction of sp³-hybridized carbons (Fsp3) is 0.450. The molecular formula is C20H27NO3. The number of nitrogens with one attached hydrogen (secondary N) is 1. The van der Waals surface area contributed by atoms with E-state index in [1.54, 1.807) is 6.26 Å². The summed E-state index contributed by atoms with van der Waals surface area (Å²) in [7, 11) is 0. The summed E-state index contributed by atoms with van der Waals surface area (Å²) in [4.78, 5) is 11.7. The lowest BCUT2D eigenvalue weighted by Gasteiger charge is -2.26. The molecule has 1 heterocycles. The van der Waals surface area contributed by atoms with Crippen LogP contribution in [0.5, 0.6) is 0 Å². The van der Waals surface area contributed by atoms with Crippen molar-refractivity contribution >= 4 is 6.09 Å². The molecule has 2 rings (SSSR count). The Hall–Kier alpha value is -2.23. The number of carbonyl (C=O) groups is 1. The van der Waals surface area contributed by atoms with Gasteiger partial charge in [-0.25, -0.2) is 4.79 Å². The molecule has 1 amide bonds. The maximum absolute atomic E-state index is 11.7. The fourth-order valence-corrected chi connectivity index (χ4v) is 2.46. The maximum atomic E-state index is 11.7. The van der Waals surface area contributed by atoms with Gasteiger partial charge in [-0.2, -0.15) is 0 Å². The third-order valence-electron chi connectivity index (χ3n) is 3.89. The van der Waals surface area contributed by atoms with E-state index in [4.69, 9.17) is 9.15 Å². The Morgan fingerprint density at radius 1 is 1.08 bits per heavy atom. The summed E-state index contributed by atoms with van der Waals surface area (Å²) in [5, 5.41) is 2.82. The summed E-state index contributed by atoms with van der Waals surface area (Å²) in [6.45, 7) is 10.5. The molecule has 0 spiro atoms. The number of alkyl carbamates (subject to hydrolysis) is 1. The van der Waals surface area contributed by atoms with Crippen molar-refractivity contribution in [3.8, 4) is 11.3 Å². The summed E-state index contributed by atoms with van der Waals surface area (Å²) in [6.07, 6.45) is 2.13. The monoisotopic (exact) mass is 329 g/mol. The number of carbonyl (C=O) groups excluding carboxylic acids is 1. The van der Waals surface area contributed by atoms with Gasteiger partial charge in [0.25, 0.3) is 0 Å². The minimum Gasteiger partial charge on any atom is -0.464 e. The van der Waals surface area contributed by atoms with Crippen molar-refractivity contribution in [1.82, 2.24) is 5.32 Å². The smallest absolute Gasteiger partial charge is 0.407 e. The second kappa shape index (κ2) is 7.12. The van der Waals surface area contributed by atoms with Gasteiger partial charge in [-0.05, 0) is 50.3 Å². The molecule has 0 aliphatic heterocycles. The van der Waals surface area contributed by atoms with Gasteiger partial charge in [0.2, 0.25) is 0 Å². The Morgan fingerprint density at radius 3 is 2.29 bits per heavy atom. The molecule has 4 heteroatoms. The van der Waals surface area contributed by atoms with E-state index in [9.17, 15) is 4.79 Å². The first kappa shape index (κ1) is 18.1. The SMILES string of the molecule is CC(C)(C)OC(=O)NCCC(C)(C)c1ccc(-c2ccco2)cc1. The van der Waals surface area contributed by atoms with E-state index in [1.807, 2.05) is 32.9 Å². The van der Waals surface area contributed by atoms with Crippen LogP contribution in [0.4, 0.5) is 4.79 Å². The third-order valence-corrected chi connectivity index (χ3v) is 3.89. The van der Waals surface area contributed by atoms with Crippen molar-refractivity contribution in [3.05, 3.63) is 48.2 Å². The van der Waals surface area contributed by atoms with E-state index < -0.39 is 5.60 Å². The van der Waals surface area contributed by atoms with Gasteiger partial charge >= 0.3 is 6.09 Å². The van der Waals surface area contributed by atoms with E-state index >= 15 is 0 Å². The number of hydrogen-bond donors (Lipinski definition) is 1. The zero-order chi connectivity index (χ0) is 17.8. The molecule has 0 atom stereocenters. The first-order valence-corrected chi connectivity index (χ1v) is 8.29.